The number of benzene rings is 1. The number of rotatable bonds is 7. The molecule has 0 radical (unpaired) electrons. The van der Waals surface area contributed by atoms with Crippen LogP contribution in [0.5, 0.6) is 0 Å². The molecule has 6 nitrogen and oxygen atoms in total. The second-order valence-corrected chi connectivity index (χ2v) is 7.76. The third-order valence-electron chi connectivity index (χ3n) is 5.16. The van der Waals surface area contributed by atoms with Gasteiger partial charge in [-0.05, 0) is 55.4 Å². The van der Waals surface area contributed by atoms with Crippen molar-refractivity contribution in [3.8, 4) is 0 Å². The largest absolute Gasteiger partial charge is 0.295 e. The van der Waals surface area contributed by atoms with Crippen molar-refractivity contribution in [2.45, 2.75) is 71.8 Å². The minimum atomic E-state index is -0.459. The van der Waals surface area contributed by atoms with Gasteiger partial charge in [0, 0.05) is 6.42 Å². The molecular formula is C20H28N4O2. The quantitative estimate of drug-likeness (QED) is 0.609. The zero-order valence-electron chi connectivity index (χ0n) is 15.9. The Morgan fingerprint density at radius 1 is 1.23 bits per heavy atom. The Morgan fingerprint density at radius 2 is 2.04 bits per heavy atom. The summed E-state index contributed by atoms with van der Waals surface area (Å²) in [7, 11) is 0. The van der Waals surface area contributed by atoms with Crippen LogP contribution in [0.3, 0.4) is 0 Å². The molecule has 1 atom stereocenters. The molecule has 2 heterocycles. The molecule has 1 fully saturated rings. The van der Waals surface area contributed by atoms with Gasteiger partial charge in [-0.15, -0.1) is 5.10 Å². The minimum absolute atomic E-state index is 0.216. The van der Waals surface area contributed by atoms with Gasteiger partial charge in [0.25, 0.3) is 5.91 Å². The van der Waals surface area contributed by atoms with Crippen molar-refractivity contribution in [1.29, 1.82) is 0 Å². The van der Waals surface area contributed by atoms with Crippen molar-refractivity contribution in [1.82, 2.24) is 20.3 Å². The van der Waals surface area contributed by atoms with Crippen LogP contribution >= 0.6 is 0 Å². The number of carbonyl (C=O) groups is 2. The van der Waals surface area contributed by atoms with Gasteiger partial charge < -0.3 is 0 Å². The van der Waals surface area contributed by atoms with E-state index in [9.17, 15) is 9.59 Å². The topological polar surface area (TPSA) is 76.9 Å². The predicted octanol–water partition coefficient (Wildman–Crippen LogP) is 3.48. The molecule has 6 heteroatoms. The van der Waals surface area contributed by atoms with Crippen LogP contribution < -0.4 is 5.32 Å². The van der Waals surface area contributed by atoms with E-state index >= 15 is 0 Å². The van der Waals surface area contributed by atoms with Crippen LogP contribution in [0.2, 0.25) is 0 Å². The average molecular weight is 356 g/mol. The van der Waals surface area contributed by atoms with Gasteiger partial charge in [0.1, 0.15) is 11.6 Å². The molecule has 0 bridgehead atoms. The summed E-state index contributed by atoms with van der Waals surface area (Å²) in [5.41, 5.74) is 4.19. The van der Waals surface area contributed by atoms with E-state index in [4.69, 9.17) is 0 Å². The molecule has 1 aliphatic heterocycles. The van der Waals surface area contributed by atoms with Crippen molar-refractivity contribution in [3.63, 3.8) is 0 Å². The maximum atomic E-state index is 12.1. The fourth-order valence-corrected chi connectivity index (χ4v) is 3.59. The smallest absolute Gasteiger partial charge is 0.251 e. The van der Waals surface area contributed by atoms with Crippen molar-refractivity contribution in [2.75, 3.05) is 0 Å². The standard InChI is InChI=1S/C20H28N4O2/c1-13(2)7-5-4-6-8-15-12-16-18(11-14(15)3)24(23-22-16)17-9-10-19(25)21-20(17)26/h11-13,17H,4-10H2,1-3H3,(H,21,25,26). The Labute approximate surface area is 154 Å². The molecule has 2 amide bonds. The van der Waals surface area contributed by atoms with E-state index in [1.807, 2.05) is 0 Å². The van der Waals surface area contributed by atoms with Gasteiger partial charge in [-0.3, -0.25) is 14.9 Å². The zero-order valence-corrected chi connectivity index (χ0v) is 15.9. The highest BCUT2D eigenvalue weighted by Gasteiger charge is 2.30. The van der Waals surface area contributed by atoms with E-state index < -0.39 is 6.04 Å². The van der Waals surface area contributed by atoms with Crippen molar-refractivity contribution < 1.29 is 9.59 Å². The number of hydrogen-bond donors (Lipinski definition) is 1. The van der Waals surface area contributed by atoms with E-state index in [0.29, 0.717) is 12.8 Å². The lowest BCUT2D eigenvalue weighted by atomic mass is 9.99. The number of carbonyl (C=O) groups excluding carboxylic acids is 2. The summed E-state index contributed by atoms with van der Waals surface area (Å²) in [6.07, 6.45) is 6.86. The number of unbranched alkanes of at least 4 members (excludes halogenated alkanes) is 2. The monoisotopic (exact) mass is 356 g/mol. The Balaban J connectivity index is 1.72. The van der Waals surface area contributed by atoms with Gasteiger partial charge in [-0.25, -0.2) is 4.68 Å². The number of hydrogen-bond acceptors (Lipinski definition) is 4. The average Bonchev–Trinajstić information content (AvgIpc) is 2.97. The highest BCUT2D eigenvalue weighted by atomic mass is 16.2. The summed E-state index contributed by atoms with van der Waals surface area (Å²) in [5, 5.41) is 10.9. The number of imide groups is 1. The van der Waals surface area contributed by atoms with Gasteiger partial charge in [0.05, 0.1) is 5.52 Å². The summed E-state index contributed by atoms with van der Waals surface area (Å²) < 4.78 is 1.66. The van der Waals surface area contributed by atoms with E-state index in [2.05, 4.69) is 48.5 Å². The number of fused-ring (bicyclic) bond motifs is 1. The first-order valence-corrected chi connectivity index (χ1v) is 9.64. The van der Waals surface area contributed by atoms with Crippen LogP contribution in [-0.2, 0) is 16.0 Å². The fourth-order valence-electron chi connectivity index (χ4n) is 3.59. The molecular weight excluding hydrogens is 328 g/mol. The molecule has 0 aliphatic carbocycles. The Hall–Kier alpha value is -2.24. The molecule has 1 aromatic heterocycles. The van der Waals surface area contributed by atoms with Crippen molar-refractivity contribution in [2.24, 2.45) is 5.92 Å². The number of amides is 2. The van der Waals surface area contributed by atoms with Crippen LogP contribution in [0.1, 0.15) is 69.5 Å². The van der Waals surface area contributed by atoms with E-state index in [0.717, 1.165) is 23.4 Å². The Bertz CT molecular complexity index is 809. The highest BCUT2D eigenvalue weighted by molar-refractivity contribution is 5.99. The summed E-state index contributed by atoms with van der Waals surface area (Å²) in [6, 6.07) is 3.71. The second kappa shape index (κ2) is 7.98. The van der Waals surface area contributed by atoms with Gasteiger partial charge in [-0.2, -0.15) is 0 Å². The van der Waals surface area contributed by atoms with Crippen LogP contribution in [0.15, 0.2) is 12.1 Å². The van der Waals surface area contributed by atoms with Gasteiger partial charge in [0.2, 0.25) is 5.91 Å². The lowest BCUT2D eigenvalue weighted by molar-refractivity contribution is -0.135. The van der Waals surface area contributed by atoms with Gasteiger partial charge in [-0.1, -0.05) is 38.3 Å². The molecule has 1 unspecified atom stereocenters. The van der Waals surface area contributed by atoms with Crippen LogP contribution in [0.4, 0.5) is 0 Å². The Morgan fingerprint density at radius 3 is 2.77 bits per heavy atom. The molecule has 0 spiro atoms. The molecule has 140 valence electrons. The summed E-state index contributed by atoms with van der Waals surface area (Å²) in [4.78, 5) is 23.5. The van der Waals surface area contributed by atoms with Gasteiger partial charge >= 0.3 is 0 Å². The second-order valence-electron chi connectivity index (χ2n) is 7.76. The lowest BCUT2D eigenvalue weighted by Gasteiger charge is -2.21. The number of nitrogens with one attached hydrogen (secondary N) is 1. The van der Waals surface area contributed by atoms with E-state index in [1.54, 1.807) is 4.68 Å². The SMILES string of the molecule is Cc1cc2c(cc1CCCCCC(C)C)nnn2C1CCC(=O)NC1=O. The molecule has 1 N–H and O–H groups in total. The van der Waals surface area contributed by atoms with E-state index in [-0.39, 0.29) is 11.8 Å². The molecule has 3 rings (SSSR count). The Kier molecular flexibility index (Phi) is 5.69. The first-order chi connectivity index (χ1) is 12.5. The summed E-state index contributed by atoms with van der Waals surface area (Å²) in [5.74, 6) is 0.266. The summed E-state index contributed by atoms with van der Waals surface area (Å²) in [6.45, 7) is 6.64. The molecule has 1 saturated heterocycles. The van der Waals surface area contributed by atoms with Gasteiger partial charge in [0.15, 0.2) is 0 Å². The lowest BCUT2D eigenvalue weighted by Crippen LogP contribution is -2.42. The zero-order chi connectivity index (χ0) is 18.7. The number of nitrogens with zero attached hydrogens (tertiary/aromatic N) is 3. The third-order valence-corrected chi connectivity index (χ3v) is 5.16. The maximum Gasteiger partial charge on any atom is 0.251 e. The van der Waals surface area contributed by atoms with E-state index in [1.165, 1.54) is 36.8 Å². The molecule has 1 aromatic carbocycles. The number of piperidine rings is 1. The van der Waals surface area contributed by atoms with Crippen LogP contribution in [0, 0.1) is 12.8 Å². The maximum absolute atomic E-state index is 12.1. The minimum Gasteiger partial charge on any atom is -0.295 e. The predicted molar refractivity (Wildman–Crippen MR) is 101 cm³/mol. The normalized spacial score (nSPS) is 17.9. The molecule has 0 saturated carbocycles. The number of aryl methyl sites for hydroxylation is 2. The molecule has 1 aliphatic rings. The van der Waals surface area contributed by atoms with Crippen LogP contribution in [0.25, 0.3) is 11.0 Å². The third kappa shape index (κ3) is 4.11. The summed E-state index contributed by atoms with van der Waals surface area (Å²) >= 11 is 0. The number of aromatic nitrogens is 3. The van der Waals surface area contributed by atoms with Crippen molar-refractivity contribution in [3.05, 3.63) is 23.3 Å². The molecule has 2 aromatic rings. The van der Waals surface area contributed by atoms with Crippen molar-refractivity contribution >= 4 is 22.8 Å². The molecule has 26 heavy (non-hydrogen) atoms. The first-order valence-electron chi connectivity index (χ1n) is 9.64. The van der Waals surface area contributed by atoms with Crippen LogP contribution in [-0.4, -0.2) is 26.8 Å². The fraction of sp³-hybridized carbons (Fsp3) is 0.600. The first kappa shape index (κ1) is 18.5. The highest BCUT2D eigenvalue weighted by Crippen LogP contribution is 2.25.